The van der Waals surface area contributed by atoms with Crippen LogP contribution in [0.3, 0.4) is 0 Å². The van der Waals surface area contributed by atoms with Gasteiger partial charge in [0.05, 0.1) is 11.5 Å². The summed E-state index contributed by atoms with van der Waals surface area (Å²) in [7, 11) is -2.92. The summed E-state index contributed by atoms with van der Waals surface area (Å²) in [5, 5.41) is 13.6. The van der Waals surface area contributed by atoms with Crippen LogP contribution >= 0.6 is 0 Å². The van der Waals surface area contributed by atoms with Crippen LogP contribution in [-0.4, -0.2) is 48.1 Å². The molecule has 1 aliphatic carbocycles. The zero-order chi connectivity index (χ0) is 14.2. The van der Waals surface area contributed by atoms with Gasteiger partial charge in [-0.1, -0.05) is 0 Å². The maximum absolute atomic E-state index is 11.7. The molecular formula is C12H16N4O3S. The summed E-state index contributed by atoms with van der Waals surface area (Å²) in [5.74, 6) is 0.614. The lowest BCUT2D eigenvalue weighted by Gasteiger charge is -2.10. The first kappa shape index (κ1) is 13.3. The van der Waals surface area contributed by atoms with Gasteiger partial charge in [-0.05, 0) is 31.4 Å². The van der Waals surface area contributed by atoms with Gasteiger partial charge >= 0.3 is 0 Å². The fourth-order valence-electron chi connectivity index (χ4n) is 2.14. The first-order chi connectivity index (χ1) is 9.52. The molecule has 3 rings (SSSR count). The Kier molecular flexibility index (Phi) is 3.33. The highest BCUT2D eigenvalue weighted by Gasteiger charge is 2.28. The normalized spacial score (nSPS) is 24.3. The van der Waals surface area contributed by atoms with Crippen molar-refractivity contribution in [2.24, 2.45) is 0 Å². The second-order valence-corrected chi connectivity index (χ2v) is 7.52. The molecular weight excluding hydrogens is 280 g/mol. The molecule has 1 atom stereocenters. The van der Waals surface area contributed by atoms with Crippen LogP contribution in [0, 0.1) is 0 Å². The van der Waals surface area contributed by atoms with E-state index in [1.807, 2.05) is 0 Å². The van der Waals surface area contributed by atoms with Gasteiger partial charge in [0, 0.05) is 12.1 Å². The highest BCUT2D eigenvalue weighted by Crippen LogP contribution is 2.19. The molecule has 8 heteroatoms. The molecule has 0 bridgehead atoms. The number of hydrogen-bond donors (Lipinski definition) is 2. The predicted molar refractivity (Wildman–Crippen MR) is 73.2 cm³/mol. The quantitative estimate of drug-likeness (QED) is 0.809. The summed E-state index contributed by atoms with van der Waals surface area (Å²) in [6, 6.07) is 3.40. The zero-order valence-corrected chi connectivity index (χ0v) is 11.7. The van der Waals surface area contributed by atoms with Gasteiger partial charge in [-0.3, -0.25) is 4.79 Å². The highest BCUT2D eigenvalue weighted by atomic mass is 32.2. The molecule has 1 unspecified atom stereocenters. The molecule has 2 heterocycles. The van der Waals surface area contributed by atoms with E-state index in [4.69, 9.17) is 0 Å². The summed E-state index contributed by atoms with van der Waals surface area (Å²) in [5.41, 5.74) is 0.279. The van der Waals surface area contributed by atoms with E-state index in [1.54, 1.807) is 12.1 Å². The molecule has 0 aromatic carbocycles. The lowest BCUT2D eigenvalue weighted by Crippen LogP contribution is -2.27. The van der Waals surface area contributed by atoms with E-state index in [1.165, 1.54) is 0 Å². The van der Waals surface area contributed by atoms with Gasteiger partial charge in [0.2, 0.25) is 0 Å². The molecule has 1 aliphatic heterocycles. The van der Waals surface area contributed by atoms with Gasteiger partial charge in [-0.2, -0.15) is 0 Å². The molecule has 1 aromatic heterocycles. The Bertz CT molecular complexity index is 610. The number of nitrogens with zero attached hydrogens (tertiary/aromatic N) is 2. The van der Waals surface area contributed by atoms with Crippen molar-refractivity contribution in [3.8, 4) is 0 Å². The SMILES string of the molecule is O=C(NC1CC1)c1ccc(NC2CCS(=O)(=O)C2)nn1. The second kappa shape index (κ2) is 5.01. The van der Waals surface area contributed by atoms with Gasteiger partial charge in [-0.15, -0.1) is 10.2 Å². The van der Waals surface area contributed by atoms with Gasteiger partial charge in [-0.25, -0.2) is 8.42 Å². The number of nitrogens with one attached hydrogen (secondary N) is 2. The summed E-state index contributed by atoms with van der Waals surface area (Å²) in [6.07, 6.45) is 2.62. The minimum atomic E-state index is -2.92. The van der Waals surface area contributed by atoms with Crippen LogP contribution in [-0.2, 0) is 9.84 Å². The number of hydrogen-bond acceptors (Lipinski definition) is 6. The third-order valence-electron chi connectivity index (χ3n) is 3.39. The maximum Gasteiger partial charge on any atom is 0.272 e. The number of amides is 1. The topological polar surface area (TPSA) is 101 Å². The monoisotopic (exact) mass is 296 g/mol. The average Bonchev–Trinajstić information content (AvgIpc) is 3.14. The van der Waals surface area contributed by atoms with Gasteiger partial charge in [0.1, 0.15) is 5.82 Å². The van der Waals surface area contributed by atoms with Crippen LogP contribution in [0.2, 0.25) is 0 Å². The smallest absolute Gasteiger partial charge is 0.272 e. The molecule has 0 radical (unpaired) electrons. The van der Waals surface area contributed by atoms with Crippen molar-refractivity contribution in [2.75, 3.05) is 16.8 Å². The van der Waals surface area contributed by atoms with E-state index in [0.29, 0.717) is 12.2 Å². The lowest BCUT2D eigenvalue weighted by atomic mass is 10.2. The van der Waals surface area contributed by atoms with Crippen molar-refractivity contribution in [1.29, 1.82) is 0 Å². The Balaban J connectivity index is 1.59. The second-order valence-electron chi connectivity index (χ2n) is 5.30. The molecule has 1 saturated carbocycles. The minimum Gasteiger partial charge on any atom is -0.365 e. The maximum atomic E-state index is 11.7. The largest absolute Gasteiger partial charge is 0.365 e. The van der Waals surface area contributed by atoms with E-state index < -0.39 is 9.84 Å². The van der Waals surface area contributed by atoms with Crippen LogP contribution in [0.15, 0.2) is 12.1 Å². The van der Waals surface area contributed by atoms with Gasteiger partial charge in [0.25, 0.3) is 5.91 Å². The molecule has 7 nitrogen and oxygen atoms in total. The molecule has 20 heavy (non-hydrogen) atoms. The van der Waals surface area contributed by atoms with E-state index in [9.17, 15) is 13.2 Å². The lowest BCUT2D eigenvalue weighted by molar-refractivity contribution is 0.0945. The Hall–Kier alpha value is -1.70. The Morgan fingerprint density at radius 3 is 2.50 bits per heavy atom. The van der Waals surface area contributed by atoms with Crippen molar-refractivity contribution < 1.29 is 13.2 Å². The van der Waals surface area contributed by atoms with Gasteiger partial charge < -0.3 is 10.6 Å². The predicted octanol–water partition coefficient (Wildman–Crippen LogP) is -0.0322. The fraction of sp³-hybridized carbons (Fsp3) is 0.583. The van der Waals surface area contributed by atoms with Crippen LogP contribution in [0.1, 0.15) is 29.8 Å². The standard InChI is InChI=1S/C12H16N4O3S/c17-12(14-8-1-2-8)10-3-4-11(16-15-10)13-9-5-6-20(18,19)7-9/h3-4,8-9H,1-2,5-7H2,(H,13,16)(H,14,17). The van der Waals surface area contributed by atoms with Crippen LogP contribution < -0.4 is 10.6 Å². The number of rotatable bonds is 4. The summed E-state index contributed by atoms with van der Waals surface area (Å²) >= 11 is 0. The summed E-state index contributed by atoms with van der Waals surface area (Å²) < 4.78 is 22.7. The number of carbonyl (C=O) groups excluding carboxylic acids is 1. The number of carbonyl (C=O) groups is 1. The molecule has 2 N–H and O–H groups in total. The minimum absolute atomic E-state index is 0.124. The van der Waals surface area contributed by atoms with Crippen molar-refractivity contribution in [1.82, 2.24) is 15.5 Å². The molecule has 2 fully saturated rings. The van der Waals surface area contributed by atoms with E-state index in [-0.39, 0.29) is 35.2 Å². The molecule has 2 aliphatic rings. The van der Waals surface area contributed by atoms with Crippen LogP contribution in [0.25, 0.3) is 0 Å². The van der Waals surface area contributed by atoms with Crippen LogP contribution in [0.4, 0.5) is 5.82 Å². The highest BCUT2D eigenvalue weighted by molar-refractivity contribution is 7.91. The zero-order valence-electron chi connectivity index (χ0n) is 10.9. The van der Waals surface area contributed by atoms with Crippen molar-refractivity contribution in [3.63, 3.8) is 0 Å². The fourth-order valence-corrected chi connectivity index (χ4v) is 3.81. The molecule has 0 spiro atoms. The molecule has 1 saturated heterocycles. The van der Waals surface area contributed by atoms with Crippen molar-refractivity contribution in [3.05, 3.63) is 17.8 Å². The number of anilines is 1. The van der Waals surface area contributed by atoms with Crippen molar-refractivity contribution in [2.45, 2.75) is 31.3 Å². The molecule has 1 amide bonds. The first-order valence-corrected chi connectivity index (χ1v) is 8.45. The summed E-state index contributed by atoms with van der Waals surface area (Å²) in [6.45, 7) is 0. The van der Waals surface area contributed by atoms with E-state index in [0.717, 1.165) is 12.8 Å². The molecule has 108 valence electrons. The third-order valence-corrected chi connectivity index (χ3v) is 5.16. The van der Waals surface area contributed by atoms with Gasteiger partial charge in [0.15, 0.2) is 15.5 Å². The Morgan fingerprint density at radius 1 is 1.15 bits per heavy atom. The number of aromatic nitrogens is 2. The van der Waals surface area contributed by atoms with Crippen LogP contribution in [0.5, 0.6) is 0 Å². The number of sulfone groups is 1. The first-order valence-electron chi connectivity index (χ1n) is 6.63. The van der Waals surface area contributed by atoms with Crippen molar-refractivity contribution >= 4 is 21.6 Å². The van der Waals surface area contributed by atoms with E-state index in [2.05, 4.69) is 20.8 Å². The summed E-state index contributed by atoms with van der Waals surface area (Å²) in [4.78, 5) is 11.7. The Morgan fingerprint density at radius 2 is 1.95 bits per heavy atom. The van der Waals surface area contributed by atoms with E-state index >= 15 is 0 Å². The Labute approximate surface area is 117 Å². The molecule has 1 aromatic rings. The third kappa shape index (κ3) is 3.24. The average molecular weight is 296 g/mol.